The molecule has 1 saturated heterocycles. The number of aryl methyl sites for hydroxylation is 1. The van der Waals surface area contributed by atoms with E-state index in [1.54, 1.807) is 17.9 Å². The molecular weight excluding hydrogens is 254 g/mol. The van der Waals surface area contributed by atoms with E-state index in [1.165, 1.54) is 0 Å². The molecular formula is C12H16ClN3O2. The summed E-state index contributed by atoms with van der Waals surface area (Å²) in [6.45, 7) is 4.80. The number of aromatic nitrogens is 2. The lowest BCUT2D eigenvalue weighted by Gasteiger charge is -2.17. The molecule has 2 unspecified atom stereocenters. The first kappa shape index (κ1) is 13.1. The van der Waals surface area contributed by atoms with Crippen LogP contribution >= 0.6 is 11.6 Å². The van der Waals surface area contributed by atoms with Gasteiger partial charge in [-0.3, -0.25) is 4.79 Å². The Morgan fingerprint density at radius 3 is 2.94 bits per heavy atom. The van der Waals surface area contributed by atoms with Gasteiger partial charge in [-0.25, -0.2) is 0 Å². The highest BCUT2D eigenvalue weighted by Crippen LogP contribution is 2.17. The molecule has 5 nitrogen and oxygen atoms in total. The summed E-state index contributed by atoms with van der Waals surface area (Å²) in [6.07, 6.45) is 0.770. The third kappa shape index (κ3) is 3.10. The molecule has 0 bridgehead atoms. The maximum absolute atomic E-state index is 11.7. The van der Waals surface area contributed by atoms with E-state index in [9.17, 15) is 4.79 Å². The molecule has 98 valence electrons. The Morgan fingerprint density at radius 1 is 1.56 bits per heavy atom. The molecule has 2 heterocycles. The molecule has 0 radical (unpaired) electrons. The number of rotatable bonds is 3. The van der Waals surface area contributed by atoms with Crippen LogP contribution in [0, 0.1) is 6.92 Å². The summed E-state index contributed by atoms with van der Waals surface area (Å²) in [5.74, 6) is 0.455. The van der Waals surface area contributed by atoms with Crippen LogP contribution in [0.25, 0.3) is 0 Å². The van der Waals surface area contributed by atoms with E-state index >= 15 is 0 Å². The predicted octanol–water partition coefficient (Wildman–Crippen LogP) is 1.39. The fourth-order valence-corrected chi connectivity index (χ4v) is 2.03. The molecule has 1 aliphatic rings. The van der Waals surface area contributed by atoms with Crippen molar-refractivity contribution >= 4 is 17.5 Å². The summed E-state index contributed by atoms with van der Waals surface area (Å²) in [6, 6.07) is 3.64. The maximum atomic E-state index is 11.7. The van der Waals surface area contributed by atoms with Gasteiger partial charge < -0.3 is 9.64 Å². The Labute approximate surface area is 111 Å². The quantitative estimate of drug-likeness (QED) is 0.778. The Balaban J connectivity index is 1.90. The second-order valence-corrected chi connectivity index (χ2v) is 5.10. The van der Waals surface area contributed by atoms with E-state index in [4.69, 9.17) is 16.3 Å². The topological polar surface area (TPSA) is 55.3 Å². The maximum Gasteiger partial charge on any atom is 0.240 e. The van der Waals surface area contributed by atoms with Gasteiger partial charge >= 0.3 is 0 Å². The first-order valence-electron chi connectivity index (χ1n) is 5.96. The number of hydrogen-bond donors (Lipinski definition) is 0. The van der Waals surface area contributed by atoms with E-state index in [0.29, 0.717) is 19.0 Å². The minimum atomic E-state index is -0.483. The third-order valence-electron chi connectivity index (χ3n) is 2.86. The van der Waals surface area contributed by atoms with Crippen LogP contribution in [0.15, 0.2) is 12.1 Å². The van der Waals surface area contributed by atoms with Crippen molar-refractivity contribution in [2.75, 3.05) is 13.1 Å². The highest BCUT2D eigenvalue weighted by atomic mass is 35.5. The first-order chi connectivity index (χ1) is 8.56. The van der Waals surface area contributed by atoms with E-state index < -0.39 is 5.38 Å². The van der Waals surface area contributed by atoms with Gasteiger partial charge in [0, 0.05) is 19.0 Å². The molecule has 1 aromatic rings. The van der Waals surface area contributed by atoms with Crippen LogP contribution in [-0.2, 0) is 4.79 Å². The number of ether oxygens (including phenoxy) is 1. The number of carbonyl (C=O) groups is 1. The molecule has 0 aliphatic carbocycles. The van der Waals surface area contributed by atoms with Crippen LogP contribution in [0.3, 0.4) is 0 Å². The van der Waals surface area contributed by atoms with Gasteiger partial charge in [-0.2, -0.15) is 5.10 Å². The van der Waals surface area contributed by atoms with Gasteiger partial charge in [0.25, 0.3) is 0 Å². The fraction of sp³-hybridized carbons (Fsp3) is 0.583. The highest BCUT2D eigenvalue weighted by Gasteiger charge is 2.29. The van der Waals surface area contributed by atoms with Crippen molar-refractivity contribution < 1.29 is 9.53 Å². The van der Waals surface area contributed by atoms with Crippen LogP contribution in [0.1, 0.15) is 19.0 Å². The number of hydrogen-bond acceptors (Lipinski definition) is 4. The predicted molar refractivity (Wildman–Crippen MR) is 67.7 cm³/mol. The summed E-state index contributed by atoms with van der Waals surface area (Å²) in [4.78, 5) is 13.4. The van der Waals surface area contributed by atoms with Gasteiger partial charge in [-0.05, 0) is 19.9 Å². The average Bonchev–Trinajstić information content (AvgIpc) is 2.79. The molecule has 18 heavy (non-hydrogen) atoms. The number of halogens is 1. The molecule has 1 aliphatic heterocycles. The SMILES string of the molecule is Cc1ccc(OC2CCN(C(=O)C(C)Cl)C2)nn1. The zero-order valence-electron chi connectivity index (χ0n) is 10.5. The van der Waals surface area contributed by atoms with E-state index in [2.05, 4.69) is 10.2 Å². The summed E-state index contributed by atoms with van der Waals surface area (Å²) in [7, 11) is 0. The van der Waals surface area contributed by atoms with Crippen molar-refractivity contribution in [1.29, 1.82) is 0 Å². The number of alkyl halides is 1. The lowest BCUT2D eigenvalue weighted by atomic mass is 10.3. The Kier molecular flexibility index (Phi) is 4.01. The van der Waals surface area contributed by atoms with Gasteiger partial charge in [-0.15, -0.1) is 16.7 Å². The zero-order chi connectivity index (χ0) is 13.1. The molecule has 6 heteroatoms. The molecule has 0 spiro atoms. The lowest BCUT2D eigenvalue weighted by Crippen LogP contribution is -2.35. The van der Waals surface area contributed by atoms with Crippen molar-refractivity contribution in [3.05, 3.63) is 17.8 Å². The Morgan fingerprint density at radius 2 is 2.33 bits per heavy atom. The Bertz CT molecular complexity index is 422. The van der Waals surface area contributed by atoms with Crippen LogP contribution in [0.5, 0.6) is 5.88 Å². The van der Waals surface area contributed by atoms with E-state index in [-0.39, 0.29) is 12.0 Å². The van der Waals surface area contributed by atoms with Crippen LogP contribution < -0.4 is 4.74 Å². The monoisotopic (exact) mass is 269 g/mol. The van der Waals surface area contributed by atoms with E-state index in [1.807, 2.05) is 13.0 Å². The number of likely N-dealkylation sites (tertiary alicyclic amines) is 1. The second-order valence-electron chi connectivity index (χ2n) is 4.44. The average molecular weight is 270 g/mol. The van der Waals surface area contributed by atoms with Crippen LogP contribution in [0.2, 0.25) is 0 Å². The van der Waals surface area contributed by atoms with E-state index in [0.717, 1.165) is 12.1 Å². The van der Waals surface area contributed by atoms with Crippen molar-refractivity contribution in [2.45, 2.75) is 31.7 Å². The van der Waals surface area contributed by atoms with Gasteiger partial charge in [0.1, 0.15) is 11.5 Å². The molecule has 1 aromatic heterocycles. The number of carbonyl (C=O) groups excluding carboxylic acids is 1. The standard InChI is InChI=1S/C12H16ClN3O2/c1-8-3-4-11(15-14-8)18-10-5-6-16(7-10)12(17)9(2)13/h3-4,9-10H,5-7H2,1-2H3. The van der Waals surface area contributed by atoms with Crippen LogP contribution in [0.4, 0.5) is 0 Å². The van der Waals surface area contributed by atoms with Crippen LogP contribution in [-0.4, -0.2) is 45.6 Å². The molecule has 0 aromatic carbocycles. The zero-order valence-corrected chi connectivity index (χ0v) is 11.2. The molecule has 2 atom stereocenters. The second kappa shape index (κ2) is 5.52. The van der Waals surface area contributed by atoms with Gasteiger partial charge in [-0.1, -0.05) is 0 Å². The highest BCUT2D eigenvalue weighted by molar-refractivity contribution is 6.30. The molecule has 2 rings (SSSR count). The normalized spacial score (nSPS) is 20.8. The van der Waals surface area contributed by atoms with Gasteiger partial charge in [0.2, 0.25) is 11.8 Å². The van der Waals surface area contributed by atoms with Crippen molar-refractivity contribution in [3.63, 3.8) is 0 Å². The summed E-state index contributed by atoms with van der Waals surface area (Å²) < 4.78 is 5.68. The van der Waals surface area contributed by atoms with Gasteiger partial charge in [0.05, 0.1) is 12.2 Å². The minimum absolute atomic E-state index is 0.0265. The third-order valence-corrected chi connectivity index (χ3v) is 3.04. The number of nitrogens with zero attached hydrogens (tertiary/aromatic N) is 3. The molecule has 1 amide bonds. The molecule has 0 N–H and O–H groups in total. The van der Waals surface area contributed by atoms with Crippen molar-refractivity contribution in [1.82, 2.24) is 15.1 Å². The summed E-state index contributed by atoms with van der Waals surface area (Å²) in [5, 5.41) is 7.39. The fourth-order valence-electron chi connectivity index (χ4n) is 1.90. The van der Waals surface area contributed by atoms with Gasteiger partial charge in [0.15, 0.2) is 0 Å². The summed E-state index contributed by atoms with van der Waals surface area (Å²) >= 11 is 5.78. The lowest BCUT2D eigenvalue weighted by molar-refractivity contribution is -0.129. The molecule has 0 saturated carbocycles. The first-order valence-corrected chi connectivity index (χ1v) is 6.40. The Hall–Kier alpha value is -1.36. The largest absolute Gasteiger partial charge is 0.471 e. The number of amides is 1. The molecule has 1 fully saturated rings. The smallest absolute Gasteiger partial charge is 0.240 e. The van der Waals surface area contributed by atoms with Crippen molar-refractivity contribution in [3.8, 4) is 5.88 Å². The minimum Gasteiger partial charge on any atom is -0.471 e. The van der Waals surface area contributed by atoms with Crippen molar-refractivity contribution in [2.24, 2.45) is 0 Å². The summed E-state index contributed by atoms with van der Waals surface area (Å²) in [5.41, 5.74) is 0.849.